The summed E-state index contributed by atoms with van der Waals surface area (Å²) >= 11 is 12.9. The summed E-state index contributed by atoms with van der Waals surface area (Å²) < 4.78 is 7.93. The number of anilines is 1. The molecule has 1 aromatic heterocycles. The van der Waals surface area contributed by atoms with Crippen LogP contribution < -0.4 is 9.64 Å². The number of para-hydroxylation sites is 1. The van der Waals surface area contributed by atoms with Crippen molar-refractivity contribution in [2.75, 3.05) is 11.9 Å². The van der Waals surface area contributed by atoms with Crippen LogP contribution in [0.5, 0.6) is 5.75 Å². The van der Waals surface area contributed by atoms with Crippen LogP contribution in [0.4, 0.5) is 5.69 Å². The van der Waals surface area contributed by atoms with Crippen LogP contribution in [0.3, 0.4) is 0 Å². The zero-order valence-electron chi connectivity index (χ0n) is 21.4. The van der Waals surface area contributed by atoms with Gasteiger partial charge in [0.05, 0.1) is 21.3 Å². The Balaban J connectivity index is 1.33. The third kappa shape index (κ3) is 5.35. The van der Waals surface area contributed by atoms with Gasteiger partial charge in [-0.25, -0.2) is 9.48 Å². The number of aromatic nitrogens is 3. The van der Waals surface area contributed by atoms with Gasteiger partial charge in [-0.05, 0) is 79.8 Å². The van der Waals surface area contributed by atoms with Gasteiger partial charge in [-0.3, -0.25) is 0 Å². The zero-order valence-corrected chi connectivity index (χ0v) is 22.9. The van der Waals surface area contributed by atoms with E-state index in [1.165, 1.54) is 0 Å². The summed E-state index contributed by atoms with van der Waals surface area (Å²) in [5.41, 5.74) is 6.63. The van der Waals surface area contributed by atoms with E-state index in [-0.39, 0.29) is 6.61 Å². The molecular formula is C29H28Cl2N4O3. The number of halogens is 2. The van der Waals surface area contributed by atoms with Crippen LogP contribution >= 0.6 is 23.2 Å². The second-order valence-electron chi connectivity index (χ2n) is 9.73. The van der Waals surface area contributed by atoms with Crippen LogP contribution in [0.1, 0.15) is 57.2 Å². The first-order valence-electron chi connectivity index (χ1n) is 12.4. The Kier molecular flexibility index (Phi) is 7.32. The fraction of sp³-hybridized carbons (Fsp3) is 0.276. The van der Waals surface area contributed by atoms with E-state index >= 15 is 0 Å². The summed E-state index contributed by atoms with van der Waals surface area (Å²) in [6.07, 6.45) is 2.17. The number of nitrogens with zero attached hydrogens (tertiary/aromatic N) is 4. The molecular weight excluding hydrogens is 523 g/mol. The van der Waals surface area contributed by atoms with Crippen molar-refractivity contribution in [2.45, 2.75) is 45.8 Å². The molecule has 1 heterocycles. The van der Waals surface area contributed by atoms with Crippen molar-refractivity contribution in [3.63, 3.8) is 0 Å². The third-order valence-electron chi connectivity index (χ3n) is 6.80. The lowest BCUT2D eigenvalue weighted by Gasteiger charge is -2.22. The molecule has 0 bridgehead atoms. The van der Waals surface area contributed by atoms with E-state index in [4.69, 9.17) is 27.9 Å². The smallest absolute Gasteiger partial charge is 0.335 e. The number of aromatic carboxylic acids is 1. The molecule has 0 spiro atoms. The van der Waals surface area contributed by atoms with Gasteiger partial charge in [0.1, 0.15) is 23.7 Å². The first kappa shape index (κ1) is 26.1. The van der Waals surface area contributed by atoms with E-state index in [9.17, 15) is 9.90 Å². The number of rotatable bonds is 9. The van der Waals surface area contributed by atoms with Crippen molar-refractivity contribution in [3.05, 3.63) is 98.3 Å². The Labute approximate surface area is 231 Å². The number of aryl methyl sites for hydroxylation is 2. The maximum absolute atomic E-state index is 11.3. The Morgan fingerprint density at radius 3 is 2.45 bits per heavy atom. The Hall–Kier alpha value is -3.55. The van der Waals surface area contributed by atoms with Crippen molar-refractivity contribution < 1.29 is 14.6 Å². The fourth-order valence-electron chi connectivity index (χ4n) is 4.71. The highest BCUT2D eigenvalue weighted by Gasteiger charge is 2.32. The summed E-state index contributed by atoms with van der Waals surface area (Å²) in [5, 5.41) is 19.1. The molecule has 1 aliphatic rings. The van der Waals surface area contributed by atoms with Crippen LogP contribution in [0.25, 0.3) is 5.69 Å². The van der Waals surface area contributed by atoms with Gasteiger partial charge in [-0.1, -0.05) is 46.6 Å². The lowest BCUT2D eigenvalue weighted by atomic mass is 10.0. The maximum atomic E-state index is 11.3. The van der Waals surface area contributed by atoms with Crippen LogP contribution in [0, 0.1) is 13.8 Å². The molecule has 196 valence electrons. The molecule has 1 aliphatic carbocycles. The van der Waals surface area contributed by atoms with Gasteiger partial charge in [0.25, 0.3) is 0 Å². The molecule has 9 heteroatoms. The second kappa shape index (κ2) is 10.7. The van der Waals surface area contributed by atoms with Gasteiger partial charge < -0.3 is 14.7 Å². The number of carboxylic acid groups (broad SMARTS) is 1. The molecule has 0 radical (unpaired) electrons. The standard InChI is InChI=1S/C29H28Cl2N4O3/c1-17-13-19(7-11-22(17)29(36)37)15-34(3)25-12-10-21(14-18(25)2)38-16-26-27(20-8-9-20)32-33-35(26)28-23(30)5-4-6-24(28)31/h4-7,10-14,20H,8-9,15-16H2,1-3H3,(H,36,37). The largest absolute Gasteiger partial charge is 0.487 e. The summed E-state index contributed by atoms with van der Waals surface area (Å²) in [7, 11) is 2.02. The number of hydrogen-bond acceptors (Lipinski definition) is 5. The van der Waals surface area contributed by atoms with Crippen molar-refractivity contribution >= 4 is 34.9 Å². The number of carboxylic acids is 1. The van der Waals surface area contributed by atoms with E-state index in [2.05, 4.69) is 15.2 Å². The minimum atomic E-state index is -0.910. The molecule has 1 fully saturated rings. The number of carbonyl (C=O) groups is 1. The molecule has 0 unspecified atom stereocenters. The highest BCUT2D eigenvalue weighted by atomic mass is 35.5. The topological polar surface area (TPSA) is 80.5 Å². The first-order valence-corrected chi connectivity index (χ1v) is 13.1. The van der Waals surface area contributed by atoms with Crippen molar-refractivity contribution in [3.8, 4) is 11.4 Å². The van der Waals surface area contributed by atoms with Crippen LogP contribution in [-0.2, 0) is 13.2 Å². The molecule has 0 saturated heterocycles. The third-order valence-corrected chi connectivity index (χ3v) is 7.41. The van der Waals surface area contributed by atoms with Crippen molar-refractivity contribution in [1.82, 2.24) is 15.0 Å². The molecule has 4 aromatic rings. The molecule has 0 aliphatic heterocycles. The van der Waals surface area contributed by atoms with Gasteiger partial charge in [-0.2, -0.15) is 0 Å². The van der Waals surface area contributed by atoms with E-state index < -0.39 is 5.97 Å². The molecule has 3 aromatic carbocycles. The fourth-order valence-corrected chi connectivity index (χ4v) is 5.27. The highest BCUT2D eigenvalue weighted by Crippen LogP contribution is 2.42. The SMILES string of the molecule is Cc1cc(CN(C)c2ccc(OCc3c(C4CC4)nnn3-c3c(Cl)cccc3Cl)cc2C)ccc1C(=O)O. The number of benzene rings is 3. The molecule has 38 heavy (non-hydrogen) atoms. The summed E-state index contributed by atoms with van der Waals surface area (Å²) in [5.74, 6) is 0.211. The predicted molar refractivity (Wildman–Crippen MR) is 149 cm³/mol. The van der Waals surface area contributed by atoms with Crippen LogP contribution in [0.2, 0.25) is 10.0 Å². The lowest BCUT2D eigenvalue weighted by molar-refractivity contribution is 0.0696. The molecule has 7 nitrogen and oxygen atoms in total. The van der Waals surface area contributed by atoms with E-state index in [1.54, 1.807) is 28.9 Å². The van der Waals surface area contributed by atoms with Crippen LogP contribution in [0.15, 0.2) is 54.6 Å². The zero-order chi connectivity index (χ0) is 27.0. The average Bonchev–Trinajstić information content (AvgIpc) is 3.62. The van der Waals surface area contributed by atoms with Crippen molar-refractivity contribution in [2.24, 2.45) is 0 Å². The highest BCUT2D eigenvalue weighted by molar-refractivity contribution is 6.37. The van der Waals surface area contributed by atoms with Gasteiger partial charge >= 0.3 is 5.97 Å². The molecule has 0 atom stereocenters. The maximum Gasteiger partial charge on any atom is 0.335 e. The second-order valence-corrected chi connectivity index (χ2v) is 10.5. The normalized spacial score (nSPS) is 13.0. The van der Waals surface area contributed by atoms with Gasteiger partial charge in [0.15, 0.2) is 0 Å². The molecule has 0 amide bonds. The first-order chi connectivity index (χ1) is 18.2. The lowest BCUT2D eigenvalue weighted by Crippen LogP contribution is -2.17. The molecule has 1 N–H and O–H groups in total. The average molecular weight is 551 g/mol. The Morgan fingerprint density at radius 2 is 1.82 bits per heavy atom. The van der Waals surface area contributed by atoms with Gasteiger partial charge in [0, 0.05) is 25.2 Å². The predicted octanol–water partition coefficient (Wildman–Crippen LogP) is 6.98. The van der Waals surface area contributed by atoms with E-state index in [0.29, 0.717) is 33.8 Å². The minimum absolute atomic E-state index is 0.282. The Morgan fingerprint density at radius 1 is 1.08 bits per heavy atom. The summed E-state index contributed by atoms with van der Waals surface area (Å²) in [6.45, 7) is 4.79. The van der Waals surface area contributed by atoms with E-state index in [0.717, 1.165) is 52.4 Å². The summed E-state index contributed by atoms with van der Waals surface area (Å²) in [6, 6.07) is 16.8. The van der Waals surface area contributed by atoms with E-state index in [1.807, 2.05) is 51.2 Å². The number of hydrogen-bond donors (Lipinski definition) is 1. The number of ether oxygens (including phenoxy) is 1. The van der Waals surface area contributed by atoms with Gasteiger partial charge in [-0.15, -0.1) is 5.10 Å². The van der Waals surface area contributed by atoms with Crippen molar-refractivity contribution in [1.29, 1.82) is 0 Å². The quantitative estimate of drug-likeness (QED) is 0.242. The monoisotopic (exact) mass is 550 g/mol. The summed E-state index contributed by atoms with van der Waals surface area (Å²) in [4.78, 5) is 13.5. The molecule has 1 saturated carbocycles. The Bertz CT molecular complexity index is 1490. The van der Waals surface area contributed by atoms with Gasteiger partial charge in [0.2, 0.25) is 0 Å². The minimum Gasteiger partial charge on any atom is -0.487 e. The molecule has 5 rings (SSSR count). The van der Waals surface area contributed by atoms with Crippen LogP contribution in [-0.4, -0.2) is 33.1 Å².